The predicted molar refractivity (Wildman–Crippen MR) is 106 cm³/mol. The van der Waals surface area contributed by atoms with Crippen molar-refractivity contribution < 1.29 is 19.1 Å². The van der Waals surface area contributed by atoms with Gasteiger partial charge < -0.3 is 9.47 Å². The van der Waals surface area contributed by atoms with Gasteiger partial charge in [-0.2, -0.15) is 0 Å². The van der Waals surface area contributed by atoms with Gasteiger partial charge >= 0.3 is 11.9 Å². The van der Waals surface area contributed by atoms with Crippen LogP contribution in [-0.4, -0.2) is 18.5 Å². The molecule has 0 fully saturated rings. The predicted octanol–water partition coefficient (Wildman–Crippen LogP) is 5.26. The molecule has 2 rings (SSSR count). The molecular formula is C23H28O4. The molecule has 0 atom stereocenters. The van der Waals surface area contributed by atoms with E-state index in [2.05, 4.69) is 19.9 Å². The van der Waals surface area contributed by atoms with Crippen LogP contribution in [0.2, 0.25) is 0 Å². The van der Waals surface area contributed by atoms with E-state index in [0.717, 1.165) is 11.1 Å². The highest BCUT2D eigenvalue weighted by molar-refractivity contribution is 5.91. The third-order valence-electron chi connectivity index (χ3n) is 4.35. The molecule has 0 heterocycles. The van der Waals surface area contributed by atoms with E-state index in [-0.39, 0.29) is 18.3 Å². The second kappa shape index (κ2) is 9.36. The molecule has 0 radical (unpaired) electrons. The summed E-state index contributed by atoms with van der Waals surface area (Å²) in [5.41, 5.74) is 3.19. The average Bonchev–Trinajstić information content (AvgIpc) is 2.63. The molecule has 0 saturated carbocycles. The highest BCUT2D eigenvalue weighted by Crippen LogP contribution is 2.35. The van der Waals surface area contributed by atoms with Crippen LogP contribution in [0.25, 0.3) is 0 Å². The molecule has 0 spiro atoms. The SMILES string of the molecule is CCOC(=O)Cc1cc(C(C)C)cc(C(C)C)c1OC(=O)c1ccccc1. The summed E-state index contributed by atoms with van der Waals surface area (Å²) in [5, 5.41) is 0. The maximum atomic E-state index is 12.6. The lowest BCUT2D eigenvalue weighted by molar-refractivity contribution is -0.142. The van der Waals surface area contributed by atoms with Gasteiger partial charge in [0.25, 0.3) is 0 Å². The quantitative estimate of drug-likeness (QED) is 0.494. The van der Waals surface area contributed by atoms with Gasteiger partial charge in [-0.25, -0.2) is 4.79 Å². The van der Waals surface area contributed by atoms with Crippen molar-refractivity contribution in [3.05, 3.63) is 64.7 Å². The van der Waals surface area contributed by atoms with Crippen molar-refractivity contribution in [3.8, 4) is 5.75 Å². The van der Waals surface area contributed by atoms with E-state index >= 15 is 0 Å². The molecule has 144 valence electrons. The summed E-state index contributed by atoms with van der Waals surface area (Å²) in [7, 11) is 0. The summed E-state index contributed by atoms with van der Waals surface area (Å²) in [5.74, 6) is 0.145. The zero-order chi connectivity index (χ0) is 20.0. The molecule has 0 amide bonds. The molecule has 0 saturated heterocycles. The lowest BCUT2D eigenvalue weighted by Gasteiger charge is -2.20. The number of benzene rings is 2. The fourth-order valence-corrected chi connectivity index (χ4v) is 2.85. The topological polar surface area (TPSA) is 52.6 Å². The highest BCUT2D eigenvalue weighted by Gasteiger charge is 2.21. The van der Waals surface area contributed by atoms with Crippen molar-refractivity contribution in [3.63, 3.8) is 0 Å². The van der Waals surface area contributed by atoms with E-state index < -0.39 is 5.97 Å². The van der Waals surface area contributed by atoms with Gasteiger partial charge in [0, 0.05) is 5.56 Å². The number of rotatable bonds is 7. The highest BCUT2D eigenvalue weighted by atomic mass is 16.5. The summed E-state index contributed by atoms with van der Waals surface area (Å²) in [4.78, 5) is 24.8. The van der Waals surface area contributed by atoms with Crippen LogP contribution in [0.1, 0.15) is 73.5 Å². The second-order valence-electron chi connectivity index (χ2n) is 7.15. The molecule has 0 N–H and O–H groups in total. The summed E-state index contributed by atoms with van der Waals surface area (Å²) < 4.78 is 10.9. The zero-order valence-corrected chi connectivity index (χ0v) is 16.7. The first-order chi connectivity index (χ1) is 12.8. The van der Waals surface area contributed by atoms with Crippen molar-refractivity contribution in [2.45, 2.75) is 52.9 Å². The Morgan fingerprint density at radius 3 is 2.19 bits per heavy atom. The maximum absolute atomic E-state index is 12.6. The number of carbonyl (C=O) groups excluding carboxylic acids is 2. The minimum atomic E-state index is -0.431. The van der Waals surface area contributed by atoms with Crippen LogP contribution in [0.3, 0.4) is 0 Å². The average molecular weight is 368 g/mol. The van der Waals surface area contributed by atoms with Gasteiger partial charge in [0.05, 0.1) is 18.6 Å². The number of hydrogen-bond acceptors (Lipinski definition) is 4. The molecule has 0 bridgehead atoms. The Morgan fingerprint density at radius 2 is 1.63 bits per heavy atom. The van der Waals surface area contributed by atoms with E-state index in [1.54, 1.807) is 31.2 Å². The van der Waals surface area contributed by atoms with Gasteiger partial charge in [-0.05, 0) is 42.0 Å². The molecule has 4 nitrogen and oxygen atoms in total. The smallest absolute Gasteiger partial charge is 0.343 e. The van der Waals surface area contributed by atoms with Crippen molar-refractivity contribution in [1.82, 2.24) is 0 Å². The van der Waals surface area contributed by atoms with Gasteiger partial charge in [-0.3, -0.25) is 4.79 Å². The summed E-state index contributed by atoms with van der Waals surface area (Å²) in [6, 6.07) is 12.9. The largest absolute Gasteiger partial charge is 0.466 e. The summed E-state index contributed by atoms with van der Waals surface area (Å²) in [6.45, 7) is 10.4. The molecule has 0 aliphatic carbocycles. The normalized spacial score (nSPS) is 10.9. The van der Waals surface area contributed by atoms with Crippen LogP contribution in [0.15, 0.2) is 42.5 Å². The van der Waals surface area contributed by atoms with Crippen LogP contribution in [-0.2, 0) is 16.0 Å². The van der Waals surface area contributed by atoms with Crippen molar-refractivity contribution in [2.75, 3.05) is 6.61 Å². The van der Waals surface area contributed by atoms with Gasteiger partial charge in [0.1, 0.15) is 5.75 Å². The number of hydrogen-bond donors (Lipinski definition) is 0. The minimum absolute atomic E-state index is 0.0749. The van der Waals surface area contributed by atoms with E-state index in [1.165, 1.54) is 0 Å². The molecule has 0 unspecified atom stereocenters. The number of ether oxygens (including phenoxy) is 2. The molecule has 0 aromatic heterocycles. The monoisotopic (exact) mass is 368 g/mol. The number of carbonyl (C=O) groups is 2. The lowest BCUT2D eigenvalue weighted by atomic mass is 9.91. The third-order valence-corrected chi connectivity index (χ3v) is 4.35. The Morgan fingerprint density at radius 1 is 0.963 bits per heavy atom. The van der Waals surface area contributed by atoms with Crippen LogP contribution in [0.4, 0.5) is 0 Å². The first-order valence-electron chi connectivity index (χ1n) is 9.43. The molecular weight excluding hydrogens is 340 g/mol. The van der Waals surface area contributed by atoms with Crippen molar-refractivity contribution >= 4 is 11.9 Å². The summed E-state index contributed by atoms with van der Waals surface area (Å²) >= 11 is 0. The maximum Gasteiger partial charge on any atom is 0.343 e. The van der Waals surface area contributed by atoms with Gasteiger partial charge in [0.2, 0.25) is 0 Å². The zero-order valence-electron chi connectivity index (χ0n) is 16.7. The second-order valence-corrected chi connectivity index (χ2v) is 7.15. The first kappa shape index (κ1) is 20.7. The van der Waals surface area contributed by atoms with Crippen molar-refractivity contribution in [2.24, 2.45) is 0 Å². The van der Waals surface area contributed by atoms with Crippen LogP contribution in [0.5, 0.6) is 5.75 Å². The molecule has 0 aliphatic rings. The molecule has 0 aliphatic heterocycles. The Kier molecular flexibility index (Phi) is 7.17. The fraction of sp³-hybridized carbons (Fsp3) is 0.391. The standard InChI is InChI=1S/C23H28O4/c1-6-26-21(24)14-19-12-18(15(2)3)13-20(16(4)5)22(19)27-23(25)17-10-8-7-9-11-17/h7-13,15-16H,6,14H2,1-5H3. The Balaban J connectivity index is 2.50. The van der Waals surface area contributed by atoms with E-state index in [1.807, 2.05) is 26.0 Å². The number of esters is 2. The van der Waals surface area contributed by atoms with E-state index in [4.69, 9.17) is 9.47 Å². The Bertz CT molecular complexity index is 792. The molecule has 4 heteroatoms. The third kappa shape index (κ3) is 5.43. The van der Waals surface area contributed by atoms with Gasteiger partial charge in [-0.15, -0.1) is 0 Å². The minimum Gasteiger partial charge on any atom is -0.466 e. The van der Waals surface area contributed by atoms with E-state index in [0.29, 0.717) is 29.4 Å². The lowest BCUT2D eigenvalue weighted by Crippen LogP contribution is -2.15. The summed E-state index contributed by atoms with van der Waals surface area (Å²) in [6.07, 6.45) is 0.0749. The Hall–Kier alpha value is -2.62. The first-order valence-corrected chi connectivity index (χ1v) is 9.43. The van der Waals surface area contributed by atoms with Crippen LogP contribution in [0, 0.1) is 0 Å². The van der Waals surface area contributed by atoms with Gasteiger partial charge in [0.15, 0.2) is 0 Å². The van der Waals surface area contributed by atoms with Crippen molar-refractivity contribution in [1.29, 1.82) is 0 Å². The molecule has 2 aromatic carbocycles. The molecule has 27 heavy (non-hydrogen) atoms. The van der Waals surface area contributed by atoms with Crippen LogP contribution < -0.4 is 4.74 Å². The van der Waals surface area contributed by atoms with E-state index in [9.17, 15) is 9.59 Å². The fourth-order valence-electron chi connectivity index (χ4n) is 2.85. The molecule has 2 aromatic rings. The van der Waals surface area contributed by atoms with Gasteiger partial charge in [-0.1, -0.05) is 58.0 Å². The van der Waals surface area contributed by atoms with Crippen LogP contribution >= 0.6 is 0 Å². The Labute approximate surface area is 161 Å².